The van der Waals surface area contributed by atoms with Crippen molar-refractivity contribution in [1.29, 1.82) is 0 Å². The van der Waals surface area contributed by atoms with Crippen LogP contribution < -0.4 is 4.74 Å². The third kappa shape index (κ3) is 2.46. The fraction of sp³-hybridized carbons (Fsp3) is 0.600. The molecule has 3 nitrogen and oxygen atoms in total. The van der Waals surface area contributed by atoms with Crippen LogP contribution in [0.25, 0.3) is 10.2 Å². The van der Waals surface area contributed by atoms with E-state index in [2.05, 4.69) is 57.2 Å². The average Bonchev–Trinajstić information content (AvgIpc) is 2.71. The lowest BCUT2D eigenvalue weighted by atomic mass is 9.80. The Kier molecular flexibility index (Phi) is 3.33. The molecule has 0 amide bonds. The second-order valence-corrected chi connectivity index (χ2v) is 7.71. The lowest BCUT2D eigenvalue weighted by Crippen LogP contribution is -2.17. The van der Waals surface area contributed by atoms with Crippen LogP contribution in [0.3, 0.4) is 0 Å². The van der Waals surface area contributed by atoms with Gasteiger partial charge >= 0.3 is 0 Å². The van der Waals surface area contributed by atoms with Gasteiger partial charge in [0.15, 0.2) is 0 Å². The van der Waals surface area contributed by atoms with Crippen molar-refractivity contribution in [3.8, 4) is 5.75 Å². The van der Waals surface area contributed by atoms with Gasteiger partial charge in [-0.3, -0.25) is 0 Å². The van der Waals surface area contributed by atoms with Gasteiger partial charge in [-0.2, -0.15) is 0 Å². The maximum atomic E-state index is 5.62. The molecule has 4 heteroatoms. The second kappa shape index (κ2) is 4.44. The molecule has 0 aliphatic carbocycles. The summed E-state index contributed by atoms with van der Waals surface area (Å²) in [6, 6.07) is 2.16. The van der Waals surface area contributed by atoms with Gasteiger partial charge in [0.05, 0.1) is 11.8 Å². The molecule has 1 aromatic carbocycles. The fourth-order valence-corrected chi connectivity index (χ4v) is 3.26. The smallest absolute Gasteiger partial charge is 0.125 e. The number of hydrogen-bond acceptors (Lipinski definition) is 4. The molecule has 0 aliphatic heterocycles. The van der Waals surface area contributed by atoms with Crippen molar-refractivity contribution in [2.75, 3.05) is 7.11 Å². The van der Waals surface area contributed by atoms with Crippen molar-refractivity contribution in [1.82, 2.24) is 9.59 Å². The van der Waals surface area contributed by atoms with Gasteiger partial charge in [-0.05, 0) is 34.0 Å². The van der Waals surface area contributed by atoms with Crippen LogP contribution in [0, 0.1) is 0 Å². The van der Waals surface area contributed by atoms with Crippen LogP contribution in [0.15, 0.2) is 6.07 Å². The summed E-state index contributed by atoms with van der Waals surface area (Å²) < 4.78 is 11.0. The van der Waals surface area contributed by atoms with E-state index in [0.717, 1.165) is 16.8 Å². The van der Waals surface area contributed by atoms with Gasteiger partial charge in [-0.25, -0.2) is 0 Å². The molecule has 1 aromatic heterocycles. The molecular formula is C15H22N2OS. The van der Waals surface area contributed by atoms with Crippen LogP contribution in [0.4, 0.5) is 0 Å². The fourth-order valence-electron chi connectivity index (χ4n) is 2.36. The van der Waals surface area contributed by atoms with Crippen molar-refractivity contribution in [2.45, 2.75) is 52.4 Å². The summed E-state index contributed by atoms with van der Waals surface area (Å²) in [6.07, 6.45) is 0. The molecule has 0 unspecified atom stereocenters. The number of rotatable bonds is 1. The molecule has 0 bridgehead atoms. The highest BCUT2D eigenvalue weighted by Gasteiger charge is 2.29. The zero-order chi connectivity index (χ0) is 14.4. The highest BCUT2D eigenvalue weighted by Crippen LogP contribution is 2.42. The molecule has 0 aliphatic rings. The zero-order valence-corrected chi connectivity index (χ0v) is 13.6. The highest BCUT2D eigenvalue weighted by molar-refractivity contribution is 7.13. The Hall–Kier alpha value is -1.16. The molecule has 0 saturated heterocycles. The van der Waals surface area contributed by atoms with Crippen LogP contribution >= 0.6 is 11.5 Å². The minimum absolute atomic E-state index is 0.0181. The van der Waals surface area contributed by atoms with Crippen LogP contribution in [-0.4, -0.2) is 16.7 Å². The molecule has 104 valence electrons. The van der Waals surface area contributed by atoms with Crippen molar-refractivity contribution in [3.63, 3.8) is 0 Å². The zero-order valence-electron chi connectivity index (χ0n) is 12.8. The standard InChI is InChI=1S/C15H22N2OS/c1-14(2,3)9-8-10(18-7)11(15(4,5)6)12-13(9)19-17-16-12/h8H,1-7H3. The van der Waals surface area contributed by atoms with E-state index in [1.165, 1.54) is 21.8 Å². The summed E-state index contributed by atoms with van der Waals surface area (Å²) in [5.74, 6) is 0.914. The van der Waals surface area contributed by atoms with E-state index in [4.69, 9.17) is 4.74 Å². The Morgan fingerprint density at radius 2 is 1.68 bits per heavy atom. The van der Waals surface area contributed by atoms with E-state index >= 15 is 0 Å². The molecule has 0 N–H and O–H groups in total. The van der Waals surface area contributed by atoms with Crippen molar-refractivity contribution in [3.05, 3.63) is 17.2 Å². The summed E-state index contributed by atoms with van der Waals surface area (Å²) in [5.41, 5.74) is 3.42. The number of fused-ring (bicyclic) bond motifs is 1. The Morgan fingerprint density at radius 1 is 1.05 bits per heavy atom. The Balaban J connectivity index is 2.89. The lowest BCUT2D eigenvalue weighted by molar-refractivity contribution is 0.397. The number of ether oxygens (including phenoxy) is 1. The van der Waals surface area contributed by atoms with Gasteiger partial charge in [0.2, 0.25) is 0 Å². The molecular weight excluding hydrogens is 256 g/mol. The molecule has 2 aromatic rings. The van der Waals surface area contributed by atoms with Crippen LogP contribution in [0.5, 0.6) is 5.75 Å². The first-order chi connectivity index (χ1) is 8.66. The first kappa shape index (κ1) is 14.3. The third-order valence-electron chi connectivity index (χ3n) is 3.27. The Morgan fingerprint density at radius 3 is 2.16 bits per heavy atom. The predicted octanol–water partition coefficient (Wildman–Crippen LogP) is 4.29. The molecule has 19 heavy (non-hydrogen) atoms. The monoisotopic (exact) mass is 278 g/mol. The summed E-state index contributed by atoms with van der Waals surface area (Å²) >= 11 is 1.47. The van der Waals surface area contributed by atoms with Gasteiger partial charge in [0.1, 0.15) is 11.3 Å². The first-order valence-corrected chi connectivity index (χ1v) is 7.27. The normalized spacial score (nSPS) is 13.0. The maximum absolute atomic E-state index is 5.62. The molecule has 0 fully saturated rings. The van der Waals surface area contributed by atoms with E-state index < -0.39 is 0 Å². The molecule has 2 rings (SSSR count). The van der Waals surface area contributed by atoms with Gasteiger partial charge < -0.3 is 4.74 Å². The number of aromatic nitrogens is 2. The maximum Gasteiger partial charge on any atom is 0.125 e. The Bertz CT molecular complexity index is 603. The van der Waals surface area contributed by atoms with Gasteiger partial charge in [-0.1, -0.05) is 46.0 Å². The largest absolute Gasteiger partial charge is 0.496 e. The van der Waals surface area contributed by atoms with Crippen LogP contribution in [-0.2, 0) is 10.8 Å². The quantitative estimate of drug-likeness (QED) is 0.780. The minimum Gasteiger partial charge on any atom is -0.496 e. The van der Waals surface area contributed by atoms with E-state index in [0.29, 0.717) is 0 Å². The van der Waals surface area contributed by atoms with Crippen molar-refractivity contribution >= 4 is 21.7 Å². The van der Waals surface area contributed by atoms with E-state index in [1.54, 1.807) is 7.11 Å². The molecule has 1 heterocycles. The molecule has 0 atom stereocenters. The topological polar surface area (TPSA) is 35.0 Å². The summed E-state index contributed by atoms with van der Waals surface area (Å²) in [7, 11) is 1.72. The summed E-state index contributed by atoms with van der Waals surface area (Å²) in [6.45, 7) is 13.2. The van der Waals surface area contributed by atoms with E-state index in [1.807, 2.05) is 0 Å². The molecule has 0 radical (unpaired) electrons. The lowest BCUT2D eigenvalue weighted by Gasteiger charge is -2.26. The predicted molar refractivity (Wildman–Crippen MR) is 81.4 cm³/mol. The summed E-state index contributed by atoms with van der Waals surface area (Å²) in [4.78, 5) is 0. The van der Waals surface area contributed by atoms with E-state index in [9.17, 15) is 0 Å². The van der Waals surface area contributed by atoms with Crippen LogP contribution in [0.2, 0.25) is 0 Å². The first-order valence-electron chi connectivity index (χ1n) is 6.50. The van der Waals surface area contributed by atoms with Gasteiger partial charge in [-0.15, -0.1) is 5.10 Å². The van der Waals surface area contributed by atoms with Crippen LogP contribution in [0.1, 0.15) is 52.7 Å². The number of benzene rings is 1. The number of methoxy groups -OCH3 is 1. The summed E-state index contributed by atoms with van der Waals surface area (Å²) in [5, 5.41) is 4.36. The molecule has 0 saturated carbocycles. The highest BCUT2D eigenvalue weighted by atomic mass is 32.1. The van der Waals surface area contributed by atoms with E-state index in [-0.39, 0.29) is 10.8 Å². The Labute approximate surface area is 119 Å². The van der Waals surface area contributed by atoms with Gasteiger partial charge in [0.25, 0.3) is 0 Å². The number of hydrogen-bond donors (Lipinski definition) is 0. The van der Waals surface area contributed by atoms with Crippen molar-refractivity contribution in [2.24, 2.45) is 0 Å². The van der Waals surface area contributed by atoms with Gasteiger partial charge in [0, 0.05) is 5.56 Å². The minimum atomic E-state index is -0.0181. The third-order valence-corrected chi connectivity index (χ3v) is 4.03. The SMILES string of the molecule is COc1cc(C(C)(C)C)c2snnc2c1C(C)(C)C. The second-order valence-electron chi connectivity index (χ2n) is 6.95. The molecule has 0 spiro atoms. The van der Waals surface area contributed by atoms with Crippen molar-refractivity contribution < 1.29 is 4.74 Å². The number of nitrogens with zero attached hydrogens (tertiary/aromatic N) is 2. The average molecular weight is 278 g/mol.